The van der Waals surface area contributed by atoms with Gasteiger partial charge in [-0.25, -0.2) is 0 Å². The predicted octanol–water partition coefficient (Wildman–Crippen LogP) is 0.626. The Kier molecular flexibility index (Phi) is 3.10. The minimum absolute atomic E-state index is 0.0118. The molecule has 2 unspecified atom stereocenters. The number of ether oxygens (including phenoxy) is 1. The third-order valence-electron chi connectivity index (χ3n) is 2.61. The van der Waals surface area contributed by atoms with E-state index in [-0.39, 0.29) is 17.9 Å². The van der Waals surface area contributed by atoms with Crippen LogP contribution in [-0.4, -0.2) is 25.1 Å². The van der Waals surface area contributed by atoms with E-state index in [1.807, 2.05) is 31.2 Å². The van der Waals surface area contributed by atoms with E-state index in [1.165, 1.54) is 0 Å². The lowest BCUT2D eigenvalue weighted by molar-refractivity contribution is -0.122. The molecule has 2 atom stereocenters. The molecule has 0 fully saturated rings. The van der Waals surface area contributed by atoms with Crippen molar-refractivity contribution in [2.24, 2.45) is 5.73 Å². The summed E-state index contributed by atoms with van der Waals surface area (Å²) in [7, 11) is 0. The molecular weight excluding hydrogens is 204 g/mol. The Morgan fingerprint density at radius 2 is 2.38 bits per heavy atom. The predicted molar refractivity (Wildman–Crippen MR) is 61.3 cm³/mol. The first-order chi connectivity index (χ1) is 7.68. The number of rotatable bonds is 3. The minimum Gasteiger partial charge on any atom is -0.492 e. The fraction of sp³-hybridized carbons (Fsp3) is 0.417. The van der Waals surface area contributed by atoms with Crippen molar-refractivity contribution in [1.29, 1.82) is 0 Å². The monoisotopic (exact) mass is 220 g/mol. The van der Waals surface area contributed by atoms with Gasteiger partial charge >= 0.3 is 0 Å². The maximum atomic E-state index is 11.9. The van der Waals surface area contributed by atoms with E-state index in [4.69, 9.17) is 10.5 Å². The van der Waals surface area contributed by atoms with Gasteiger partial charge in [-0.3, -0.25) is 4.79 Å². The smallest absolute Gasteiger partial charge is 0.231 e. The molecule has 0 saturated heterocycles. The van der Waals surface area contributed by atoms with Gasteiger partial charge in [0.2, 0.25) is 5.91 Å². The lowest BCUT2D eigenvalue weighted by Crippen LogP contribution is -2.38. The van der Waals surface area contributed by atoms with E-state index in [2.05, 4.69) is 5.32 Å². The van der Waals surface area contributed by atoms with Crippen molar-refractivity contribution < 1.29 is 9.53 Å². The molecule has 0 spiro atoms. The Bertz CT molecular complexity index is 390. The number of para-hydroxylation sites is 1. The number of hydrogen-bond acceptors (Lipinski definition) is 3. The molecule has 1 aliphatic heterocycles. The molecule has 1 amide bonds. The third-order valence-corrected chi connectivity index (χ3v) is 2.61. The molecule has 3 N–H and O–H groups in total. The molecular formula is C12H16N2O2. The number of hydrogen-bond donors (Lipinski definition) is 2. The van der Waals surface area contributed by atoms with Crippen LogP contribution in [0.25, 0.3) is 0 Å². The molecule has 2 rings (SSSR count). The van der Waals surface area contributed by atoms with E-state index in [9.17, 15) is 4.79 Å². The normalized spacial score (nSPS) is 19.8. The van der Waals surface area contributed by atoms with Crippen LogP contribution in [0.4, 0.5) is 0 Å². The molecule has 1 aliphatic rings. The van der Waals surface area contributed by atoms with Crippen LogP contribution in [0.15, 0.2) is 24.3 Å². The van der Waals surface area contributed by atoms with Crippen molar-refractivity contribution in [3.8, 4) is 5.75 Å². The summed E-state index contributed by atoms with van der Waals surface area (Å²) < 4.78 is 5.45. The SMILES string of the molecule is CC(N)CNC(=O)C1COc2ccccc21. The maximum Gasteiger partial charge on any atom is 0.231 e. The van der Waals surface area contributed by atoms with Gasteiger partial charge < -0.3 is 15.8 Å². The van der Waals surface area contributed by atoms with Crippen LogP contribution < -0.4 is 15.8 Å². The van der Waals surface area contributed by atoms with Crippen LogP contribution in [0.1, 0.15) is 18.4 Å². The largest absolute Gasteiger partial charge is 0.492 e. The van der Waals surface area contributed by atoms with Crippen LogP contribution in [-0.2, 0) is 4.79 Å². The first kappa shape index (κ1) is 11.0. The van der Waals surface area contributed by atoms with Gasteiger partial charge in [-0.15, -0.1) is 0 Å². The highest BCUT2D eigenvalue weighted by Crippen LogP contribution is 2.33. The molecule has 4 nitrogen and oxygen atoms in total. The molecule has 0 saturated carbocycles. The molecule has 16 heavy (non-hydrogen) atoms. The standard InChI is InChI=1S/C12H16N2O2/c1-8(13)6-14-12(15)10-7-16-11-5-3-2-4-9(10)11/h2-5,8,10H,6-7,13H2,1H3,(H,14,15). The van der Waals surface area contributed by atoms with Crippen molar-refractivity contribution in [2.75, 3.05) is 13.2 Å². The summed E-state index contributed by atoms with van der Waals surface area (Å²) in [5.74, 6) is 0.598. The van der Waals surface area contributed by atoms with Crippen molar-refractivity contribution >= 4 is 5.91 Å². The van der Waals surface area contributed by atoms with E-state index >= 15 is 0 Å². The van der Waals surface area contributed by atoms with Gasteiger partial charge in [0, 0.05) is 18.2 Å². The van der Waals surface area contributed by atoms with Gasteiger partial charge in [0.1, 0.15) is 18.3 Å². The van der Waals surface area contributed by atoms with Crippen LogP contribution >= 0.6 is 0 Å². The number of amides is 1. The zero-order valence-electron chi connectivity index (χ0n) is 9.27. The van der Waals surface area contributed by atoms with Crippen LogP contribution in [0, 0.1) is 0 Å². The fourth-order valence-electron chi connectivity index (χ4n) is 1.76. The number of nitrogens with one attached hydrogen (secondary N) is 1. The minimum atomic E-state index is -0.199. The molecule has 0 bridgehead atoms. The number of carbonyl (C=O) groups is 1. The van der Waals surface area contributed by atoms with Gasteiger partial charge in [-0.2, -0.15) is 0 Å². The first-order valence-corrected chi connectivity index (χ1v) is 5.43. The van der Waals surface area contributed by atoms with Gasteiger partial charge in [-0.1, -0.05) is 18.2 Å². The van der Waals surface area contributed by atoms with Crippen LogP contribution in [0.5, 0.6) is 5.75 Å². The Morgan fingerprint density at radius 1 is 1.62 bits per heavy atom. The summed E-state index contributed by atoms with van der Waals surface area (Å²) in [5, 5.41) is 2.82. The van der Waals surface area contributed by atoms with Crippen LogP contribution in [0.3, 0.4) is 0 Å². The van der Waals surface area contributed by atoms with Gasteiger partial charge in [0.15, 0.2) is 0 Å². The van der Waals surface area contributed by atoms with E-state index in [0.717, 1.165) is 11.3 Å². The van der Waals surface area contributed by atoms with E-state index in [1.54, 1.807) is 0 Å². The molecule has 0 aliphatic carbocycles. The highest BCUT2D eigenvalue weighted by Gasteiger charge is 2.29. The van der Waals surface area contributed by atoms with Gasteiger partial charge in [0.25, 0.3) is 0 Å². The van der Waals surface area contributed by atoms with Gasteiger partial charge in [-0.05, 0) is 13.0 Å². The molecule has 0 radical (unpaired) electrons. The number of nitrogens with two attached hydrogens (primary N) is 1. The summed E-state index contributed by atoms with van der Waals surface area (Å²) in [6.07, 6.45) is 0. The summed E-state index contributed by atoms with van der Waals surface area (Å²) in [6, 6.07) is 7.61. The second-order valence-corrected chi connectivity index (χ2v) is 4.12. The third kappa shape index (κ3) is 2.17. The average molecular weight is 220 g/mol. The second-order valence-electron chi connectivity index (χ2n) is 4.12. The Morgan fingerprint density at radius 3 is 3.12 bits per heavy atom. The summed E-state index contributed by atoms with van der Waals surface area (Å²) in [4.78, 5) is 11.9. The number of fused-ring (bicyclic) bond motifs is 1. The second kappa shape index (κ2) is 4.53. The Hall–Kier alpha value is -1.55. The molecule has 1 heterocycles. The summed E-state index contributed by atoms with van der Waals surface area (Å²) in [6.45, 7) is 2.78. The quantitative estimate of drug-likeness (QED) is 0.785. The fourth-order valence-corrected chi connectivity index (χ4v) is 1.76. The van der Waals surface area contributed by atoms with E-state index < -0.39 is 0 Å². The lowest BCUT2D eigenvalue weighted by atomic mass is 10.0. The highest BCUT2D eigenvalue weighted by molar-refractivity contribution is 5.85. The number of carbonyl (C=O) groups excluding carboxylic acids is 1. The molecule has 86 valence electrons. The van der Waals surface area contributed by atoms with Crippen molar-refractivity contribution in [3.63, 3.8) is 0 Å². The average Bonchev–Trinajstić information content (AvgIpc) is 2.69. The van der Waals surface area contributed by atoms with Gasteiger partial charge in [0.05, 0.1) is 0 Å². The lowest BCUT2D eigenvalue weighted by Gasteiger charge is -2.11. The molecule has 1 aromatic carbocycles. The molecule has 0 aromatic heterocycles. The number of benzene rings is 1. The molecule has 1 aromatic rings. The van der Waals surface area contributed by atoms with Crippen molar-refractivity contribution in [3.05, 3.63) is 29.8 Å². The first-order valence-electron chi connectivity index (χ1n) is 5.43. The Labute approximate surface area is 94.8 Å². The van der Waals surface area contributed by atoms with Crippen molar-refractivity contribution in [2.45, 2.75) is 18.9 Å². The summed E-state index contributed by atoms with van der Waals surface area (Å²) in [5.41, 5.74) is 6.55. The summed E-state index contributed by atoms with van der Waals surface area (Å²) >= 11 is 0. The highest BCUT2D eigenvalue weighted by atomic mass is 16.5. The zero-order valence-corrected chi connectivity index (χ0v) is 9.27. The van der Waals surface area contributed by atoms with Crippen LogP contribution in [0.2, 0.25) is 0 Å². The maximum absolute atomic E-state index is 11.9. The molecule has 4 heteroatoms. The zero-order chi connectivity index (χ0) is 11.5. The topological polar surface area (TPSA) is 64.3 Å². The Balaban J connectivity index is 2.04. The van der Waals surface area contributed by atoms with E-state index in [0.29, 0.717) is 13.2 Å². The van der Waals surface area contributed by atoms with Crippen molar-refractivity contribution in [1.82, 2.24) is 5.32 Å².